The largest absolute Gasteiger partial charge is 0.488 e. The van der Waals surface area contributed by atoms with Crippen LogP contribution in [0, 0.1) is 19.7 Å². The average Bonchev–Trinajstić information content (AvgIpc) is 2.41. The van der Waals surface area contributed by atoms with Crippen molar-refractivity contribution in [2.75, 3.05) is 0 Å². The summed E-state index contributed by atoms with van der Waals surface area (Å²) in [4.78, 5) is 0. The molecule has 0 saturated heterocycles. The molecule has 106 valence electrons. The van der Waals surface area contributed by atoms with E-state index in [1.165, 1.54) is 17.7 Å². The van der Waals surface area contributed by atoms with Crippen LogP contribution in [0.4, 0.5) is 4.39 Å². The van der Waals surface area contributed by atoms with Crippen molar-refractivity contribution in [1.29, 1.82) is 0 Å². The molecule has 0 saturated carbocycles. The number of aryl methyl sites for hydroxylation is 2. The summed E-state index contributed by atoms with van der Waals surface area (Å²) in [5.74, 6) is 0.520. The third kappa shape index (κ3) is 3.53. The third-order valence-electron chi connectivity index (χ3n) is 3.05. The molecule has 0 fully saturated rings. The molecular weight excluding hydrogens is 343 g/mol. The van der Waals surface area contributed by atoms with E-state index in [1.807, 2.05) is 13.8 Å². The Labute approximate surface area is 131 Å². The number of hydrogen-bond donors (Lipinski definition) is 0. The van der Waals surface area contributed by atoms with Crippen LogP contribution in [0.25, 0.3) is 0 Å². The minimum atomic E-state index is -0.309. The number of alkyl halides is 1. The molecule has 0 unspecified atom stereocenters. The molecule has 2 rings (SSSR count). The first-order valence-corrected chi connectivity index (χ1v) is 7.74. The van der Waals surface area contributed by atoms with Crippen molar-refractivity contribution in [2.45, 2.75) is 25.8 Å². The monoisotopic (exact) mass is 356 g/mol. The van der Waals surface area contributed by atoms with Gasteiger partial charge in [0.1, 0.15) is 18.2 Å². The van der Waals surface area contributed by atoms with Gasteiger partial charge in [-0.2, -0.15) is 0 Å². The van der Waals surface area contributed by atoms with Crippen molar-refractivity contribution in [2.24, 2.45) is 0 Å². The fourth-order valence-electron chi connectivity index (χ4n) is 2.15. The molecule has 4 heteroatoms. The van der Waals surface area contributed by atoms with Gasteiger partial charge in [-0.3, -0.25) is 0 Å². The van der Waals surface area contributed by atoms with Gasteiger partial charge in [-0.25, -0.2) is 4.39 Å². The molecule has 2 aromatic rings. The molecule has 2 aromatic carbocycles. The fourth-order valence-corrected chi connectivity index (χ4v) is 2.64. The van der Waals surface area contributed by atoms with E-state index < -0.39 is 0 Å². The van der Waals surface area contributed by atoms with Crippen LogP contribution in [-0.2, 0) is 11.9 Å². The van der Waals surface area contributed by atoms with Crippen molar-refractivity contribution in [3.8, 4) is 5.75 Å². The summed E-state index contributed by atoms with van der Waals surface area (Å²) in [6.07, 6.45) is 0. The first-order valence-electron chi connectivity index (χ1n) is 6.24. The summed E-state index contributed by atoms with van der Waals surface area (Å²) in [5.41, 5.74) is 3.98. The maximum Gasteiger partial charge on any atom is 0.125 e. The van der Waals surface area contributed by atoms with E-state index in [0.29, 0.717) is 10.6 Å². The predicted molar refractivity (Wildman–Crippen MR) is 84.3 cm³/mol. The van der Waals surface area contributed by atoms with Crippen LogP contribution in [0.5, 0.6) is 5.75 Å². The van der Waals surface area contributed by atoms with Gasteiger partial charge in [0.05, 0.1) is 0 Å². The molecule has 0 aromatic heterocycles. The van der Waals surface area contributed by atoms with Crippen molar-refractivity contribution >= 4 is 27.5 Å². The highest BCUT2D eigenvalue weighted by Crippen LogP contribution is 2.27. The van der Waals surface area contributed by atoms with Crippen LogP contribution in [0.3, 0.4) is 0 Å². The zero-order valence-electron chi connectivity index (χ0n) is 11.3. The van der Waals surface area contributed by atoms with Gasteiger partial charge in [-0.05, 0) is 48.7 Å². The fraction of sp³-hybridized carbons (Fsp3) is 0.250. The highest BCUT2D eigenvalue weighted by Gasteiger charge is 2.08. The normalized spacial score (nSPS) is 10.7. The maximum atomic E-state index is 13.2. The van der Waals surface area contributed by atoms with Crippen LogP contribution in [0.2, 0.25) is 5.02 Å². The topological polar surface area (TPSA) is 9.23 Å². The van der Waals surface area contributed by atoms with Gasteiger partial charge in [0.15, 0.2) is 0 Å². The van der Waals surface area contributed by atoms with Gasteiger partial charge in [0.25, 0.3) is 0 Å². The number of benzene rings is 2. The zero-order chi connectivity index (χ0) is 14.7. The second kappa shape index (κ2) is 6.59. The summed E-state index contributed by atoms with van der Waals surface area (Å²) < 4.78 is 19.0. The molecular formula is C16H15BrClFO. The molecule has 20 heavy (non-hydrogen) atoms. The average molecular weight is 358 g/mol. The van der Waals surface area contributed by atoms with E-state index in [4.69, 9.17) is 16.3 Å². The lowest BCUT2D eigenvalue weighted by Gasteiger charge is -2.14. The summed E-state index contributed by atoms with van der Waals surface area (Å²) in [6.45, 7) is 4.26. The lowest BCUT2D eigenvalue weighted by molar-refractivity contribution is 0.301. The van der Waals surface area contributed by atoms with E-state index in [9.17, 15) is 4.39 Å². The Morgan fingerprint density at radius 2 is 1.80 bits per heavy atom. The van der Waals surface area contributed by atoms with Crippen LogP contribution < -0.4 is 4.74 Å². The highest BCUT2D eigenvalue weighted by atomic mass is 79.9. The Morgan fingerprint density at radius 3 is 2.40 bits per heavy atom. The minimum Gasteiger partial charge on any atom is -0.488 e. The van der Waals surface area contributed by atoms with Crippen LogP contribution >= 0.6 is 27.5 Å². The SMILES string of the molecule is Cc1cc(CBr)cc(C)c1OCc1cc(F)ccc1Cl. The van der Waals surface area contributed by atoms with Gasteiger partial charge in [0, 0.05) is 15.9 Å². The molecule has 0 N–H and O–H groups in total. The predicted octanol–water partition coefficient (Wildman–Crippen LogP) is 5.57. The van der Waals surface area contributed by atoms with Crippen molar-refractivity contribution in [3.63, 3.8) is 0 Å². The van der Waals surface area contributed by atoms with Crippen LogP contribution in [0.15, 0.2) is 30.3 Å². The van der Waals surface area contributed by atoms with Gasteiger partial charge in [-0.1, -0.05) is 39.7 Å². The van der Waals surface area contributed by atoms with E-state index in [0.717, 1.165) is 22.2 Å². The highest BCUT2D eigenvalue weighted by molar-refractivity contribution is 9.08. The maximum absolute atomic E-state index is 13.2. The lowest BCUT2D eigenvalue weighted by Crippen LogP contribution is -2.01. The molecule has 0 heterocycles. The van der Waals surface area contributed by atoms with E-state index in [2.05, 4.69) is 28.1 Å². The number of ether oxygens (including phenoxy) is 1. The first kappa shape index (κ1) is 15.3. The molecule has 1 nitrogen and oxygen atoms in total. The summed E-state index contributed by atoms with van der Waals surface area (Å²) in [6, 6.07) is 8.44. The Balaban J connectivity index is 2.21. The molecule has 0 spiro atoms. The number of halogens is 3. The molecule has 0 amide bonds. The Morgan fingerprint density at radius 1 is 1.15 bits per heavy atom. The molecule has 0 radical (unpaired) electrons. The van der Waals surface area contributed by atoms with Crippen LogP contribution in [-0.4, -0.2) is 0 Å². The minimum absolute atomic E-state index is 0.256. The summed E-state index contributed by atoms with van der Waals surface area (Å²) in [7, 11) is 0. The Bertz CT molecular complexity index is 605. The standard InChI is InChI=1S/C16H15BrClFO/c1-10-5-12(8-17)6-11(2)16(10)20-9-13-7-14(19)3-4-15(13)18/h3-7H,8-9H2,1-2H3. The van der Waals surface area contributed by atoms with Crippen LogP contribution in [0.1, 0.15) is 22.3 Å². The van der Waals surface area contributed by atoms with Gasteiger partial charge < -0.3 is 4.74 Å². The van der Waals surface area contributed by atoms with Gasteiger partial charge in [-0.15, -0.1) is 0 Å². The van der Waals surface area contributed by atoms with E-state index in [1.54, 1.807) is 6.07 Å². The quantitative estimate of drug-likeness (QED) is 0.650. The zero-order valence-corrected chi connectivity index (χ0v) is 13.7. The molecule has 0 aliphatic rings. The molecule has 0 aliphatic heterocycles. The summed E-state index contributed by atoms with van der Waals surface area (Å²) in [5, 5.41) is 1.32. The van der Waals surface area contributed by atoms with E-state index in [-0.39, 0.29) is 12.4 Å². The lowest BCUT2D eigenvalue weighted by atomic mass is 10.1. The molecule has 0 atom stereocenters. The third-order valence-corrected chi connectivity index (χ3v) is 4.07. The number of rotatable bonds is 4. The van der Waals surface area contributed by atoms with Crippen molar-refractivity contribution < 1.29 is 9.13 Å². The van der Waals surface area contributed by atoms with Gasteiger partial charge >= 0.3 is 0 Å². The molecule has 0 aliphatic carbocycles. The first-order chi connectivity index (χ1) is 9.51. The van der Waals surface area contributed by atoms with Crippen molar-refractivity contribution in [3.05, 3.63) is 63.4 Å². The second-order valence-corrected chi connectivity index (χ2v) is 5.68. The summed E-state index contributed by atoms with van der Waals surface area (Å²) >= 11 is 9.48. The van der Waals surface area contributed by atoms with Gasteiger partial charge in [0.2, 0.25) is 0 Å². The number of hydrogen-bond acceptors (Lipinski definition) is 1. The molecule has 0 bridgehead atoms. The smallest absolute Gasteiger partial charge is 0.125 e. The Kier molecular flexibility index (Phi) is 5.06. The van der Waals surface area contributed by atoms with Crippen molar-refractivity contribution in [1.82, 2.24) is 0 Å². The second-order valence-electron chi connectivity index (χ2n) is 4.72. The van der Waals surface area contributed by atoms with E-state index >= 15 is 0 Å². The Hall–Kier alpha value is -1.06.